The third-order valence-electron chi connectivity index (χ3n) is 3.90. The zero-order valence-electron chi connectivity index (χ0n) is 10.5. The second kappa shape index (κ2) is 4.75. The molecule has 0 N–H and O–H groups in total. The Bertz CT molecular complexity index is 622. The molecule has 18 heavy (non-hydrogen) atoms. The van der Waals surface area contributed by atoms with E-state index in [1.165, 1.54) is 35.0 Å². The standard InChI is InChI=1S/C15H16ClNS/c1-9-13(16)7-6-11-12(8-18)10-4-2-3-5-14(10)17-15(9)11/h6-7,18H,2-5,8H2,1H3. The maximum Gasteiger partial charge on any atom is 0.0752 e. The van der Waals surface area contributed by atoms with Gasteiger partial charge in [0.05, 0.1) is 5.52 Å². The third-order valence-corrected chi connectivity index (χ3v) is 4.62. The summed E-state index contributed by atoms with van der Waals surface area (Å²) >= 11 is 10.7. The maximum absolute atomic E-state index is 6.21. The number of hydrogen-bond donors (Lipinski definition) is 1. The summed E-state index contributed by atoms with van der Waals surface area (Å²) in [5.41, 5.74) is 6.21. The molecule has 0 fully saturated rings. The minimum atomic E-state index is 0.780. The molecule has 94 valence electrons. The lowest BCUT2D eigenvalue weighted by Crippen LogP contribution is -2.09. The van der Waals surface area contributed by atoms with Crippen molar-refractivity contribution in [3.05, 3.63) is 39.5 Å². The summed E-state index contributed by atoms with van der Waals surface area (Å²) < 4.78 is 0. The normalized spacial score (nSPS) is 14.8. The molecule has 0 bridgehead atoms. The number of thiol groups is 1. The molecule has 3 heteroatoms. The fraction of sp³-hybridized carbons (Fsp3) is 0.400. The Labute approximate surface area is 118 Å². The molecule has 0 aliphatic heterocycles. The van der Waals surface area contributed by atoms with Crippen molar-refractivity contribution >= 4 is 35.1 Å². The highest BCUT2D eigenvalue weighted by molar-refractivity contribution is 7.79. The number of nitrogens with zero attached hydrogens (tertiary/aromatic N) is 1. The Morgan fingerprint density at radius 1 is 1.28 bits per heavy atom. The second-order valence-electron chi connectivity index (χ2n) is 4.95. The number of fused-ring (bicyclic) bond motifs is 2. The Balaban J connectivity index is 2.40. The number of hydrogen-bond acceptors (Lipinski definition) is 2. The van der Waals surface area contributed by atoms with Crippen molar-refractivity contribution in [1.29, 1.82) is 0 Å². The molecule has 0 atom stereocenters. The van der Waals surface area contributed by atoms with Crippen LogP contribution in [0, 0.1) is 6.92 Å². The van der Waals surface area contributed by atoms with Crippen molar-refractivity contribution in [3.8, 4) is 0 Å². The maximum atomic E-state index is 6.21. The molecule has 1 nitrogen and oxygen atoms in total. The Morgan fingerprint density at radius 3 is 2.83 bits per heavy atom. The van der Waals surface area contributed by atoms with Crippen LogP contribution in [-0.2, 0) is 18.6 Å². The first-order valence-corrected chi connectivity index (χ1v) is 7.43. The molecule has 1 aliphatic rings. The van der Waals surface area contributed by atoms with Gasteiger partial charge in [0.1, 0.15) is 0 Å². The van der Waals surface area contributed by atoms with Gasteiger partial charge >= 0.3 is 0 Å². The summed E-state index contributed by atoms with van der Waals surface area (Å²) in [6, 6.07) is 4.07. The second-order valence-corrected chi connectivity index (χ2v) is 5.67. The van der Waals surface area contributed by atoms with Gasteiger partial charge in [0.25, 0.3) is 0 Å². The topological polar surface area (TPSA) is 12.9 Å². The largest absolute Gasteiger partial charge is 0.252 e. The van der Waals surface area contributed by atoms with Gasteiger partial charge in [-0.25, -0.2) is 0 Å². The predicted octanol–water partition coefficient (Wildman–Crippen LogP) is 4.51. The summed E-state index contributed by atoms with van der Waals surface area (Å²) in [7, 11) is 0. The van der Waals surface area contributed by atoms with Crippen LogP contribution in [0.2, 0.25) is 5.02 Å². The molecule has 2 aromatic rings. The highest BCUT2D eigenvalue weighted by Gasteiger charge is 2.18. The van der Waals surface area contributed by atoms with Crippen molar-refractivity contribution in [1.82, 2.24) is 4.98 Å². The molecule has 1 aromatic carbocycles. The lowest BCUT2D eigenvalue weighted by molar-refractivity contribution is 0.667. The van der Waals surface area contributed by atoms with Crippen LogP contribution in [0.3, 0.4) is 0 Å². The Hall–Kier alpha value is -0.730. The van der Waals surface area contributed by atoms with Gasteiger partial charge < -0.3 is 0 Å². The molecule has 0 unspecified atom stereocenters. The lowest BCUT2D eigenvalue weighted by Gasteiger charge is -2.20. The van der Waals surface area contributed by atoms with Crippen LogP contribution in [0.5, 0.6) is 0 Å². The van der Waals surface area contributed by atoms with Gasteiger partial charge in [-0.05, 0) is 55.4 Å². The quantitative estimate of drug-likeness (QED) is 0.757. The molecule has 0 saturated carbocycles. The van der Waals surface area contributed by atoms with Crippen LogP contribution in [0.15, 0.2) is 12.1 Å². The SMILES string of the molecule is Cc1c(Cl)ccc2c(CS)c3c(nc12)CCCC3. The van der Waals surface area contributed by atoms with Crippen molar-refractivity contribution in [2.75, 3.05) is 0 Å². The monoisotopic (exact) mass is 277 g/mol. The van der Waals surface area contributed by atoms with E-state index < -0.39 is 0 Å². The minimum Gasteiger partial charge on any atom is -0.252 e. The highest BCUT2D eigenvalue weighted by Crippen LogP contribution is 2.33. The number of aromatic nitrogens is 1. The fourth-order valence-corrected chi connectivity index (χ4v) is 3.39. The highest BCUT2D eigenvalue weighted by atomic mass is 35.5. The number of aryl methyl sites for hydroxylation is 2. The molecule has 1 aliphatic carbocycles. The van der Waals surface area contributed by atoms with Crippen LogP contribution in [0.4, 0.5) is 0 Å². The van der Waals surface area contributed by atoms with Crippen LogP contribution in [-0.4, -0.2) is 4.98 Å². The molecule has 3 rings (SSSR count). The molecule has 0 saturated heterocycles. The third kappa shape index (κ3) is 1.83. The van der Waals surface area contributed by atoms with Crippen molar-refractivity contribution in [3.63, 3.8) is 0 Å². The lowest BCUT2D eigenvalue weighted by atomic mass is 9.90. The van der Waals surface area contributed by atoms with E-state index in [1.54, 1.807) is 0 Å². The zero-order chi connectivity index (χ0) is 12.7. The number of halogens is 1. The van der Waals surface area contributed by atoms with Crippen molar-refractivity contribution in [2.24, 2.45) is 0 Å². The molecule has 1 heterocycles. The summed E-state index contributed by atoms with van der Waals surface area (Å²) in [6.07, 6.45) is 4.76. The molecule has 0 spiro atoms. The van der Waals surface area contributed by atoms with E-state index in [4.69, 9.17) is 16.6 Å². The number of rotatable bonds is 1. The van der Waals surface area contributed by atoms with E-state index in [9.17, 15) is 0 Å². The van der Waals surface area contributed by atoms with E-state index in [0.717, 1.165) is 34.7 Å². The van der Waals surface area contributed by atoms with Gasteiger partial charge in [-0.15, -0.1) is 0 Å². The van der Waals surface area contributed by atoms with Crippen molar-refractivity contribution < 1.29 is 0 Å². The van der Waals surface area contributed by atoms with Crippen LogP contribution in [0.25, 0.3) is 10.9 Å². The Kier molecular flexibility index (Phi) is 3.25. The van der Waals surface area contributed by atoms with E-state index >= 15 is 0 Å². The van der Waals surface area contributed by atoms with Gasteiger partial charge in [0.15, 0.2) is 0 Å². The first kappa shape index (κ1) is 12.3. The molecular formula is C15H16ClNS. The minimum absolute atomic E-state index is 0.780. The summed E-state index contributed by atoms with van der Waals surface area (Å²) in [5, 5.41) is 2.03. The number of benzene rings is 1. The van der Waals surface area contributed by atoms with E-state index in [0.29, 0.717) is 0 Å². The average molecular weight is 278 g/mol. The predicted molar refractivity (Wildman–Crippen MR) is 80.8 cm³/mol. The molecule has 0 amide bonds. The van der Waals surface area contributed by atoms with Crippen LogP contribution < -0.4 is 0 Å². The van der Waals surface area contributed by atoms with Gasteiger partial charge in [0.2, 0.25) is 0 Å². The van der Waals surface area contributed by atoms with Gasteiger partial charge in [-0.2, -0.15) is 12.6 Å². The van der Waals surface area contributed by atoms with Gasteiger partial charge in [-0.3, -0.25) is 4.98 Å². The van der Waals surface area contributed by atoms with Crippen LogP contribution in [0.1, 0.15) is 35.2 Å². The summed E-state index contributed by atoms with van der Waals surface area (Å²) in [4.78, 5) is 4.87. The molecule has 0 radical (unpaired) electrons. The zero-order valence-corrected chi connectivity index (χ0v) is 12.1. The Morgan fingerprint density at radius 2 is 2.06 bits per heavy atom. The van der Waals surface area contributed by atoms with Crippen molar-refractivity contribution in [2.45, 2.75) is 38.4 Å². The van der Waals surface area contributed by atoms with Crippen LogP contribution >= 0.6 is 24.2 Å². The number of pyridine rings is 1. The fourth-order valence-electron chi connectivity index (χ4n) is 2.88. The first-order valence-electron chi connectivity index (χ1n) is 6.42. The molecular weight excluding hydrogens is 262 g/mol. The summed E-state index contributed by atoms with van der Waals surface area (Å²) in [5.74, 6) is 0.780. The molecule has 1 aromatic heterocycles. The van der Waals surface area contributed by atoms with E-state index in [1.807, 2.05) is 6.07 Å². The van der Waals surface area contributed by atoms with Gasteiger partial charge in [-0.1, -0.05) is 17.7 Å². The average Bonchev–Trinajstić information content (AvgIpc) is 2.41. The van der Waals surface area contributed by atoms with Gasteiger partial charge in [0, 0.05) is 21.9 Å². The van der Waals surface area contributed by atoms with E-state index in [-0.39, 0.29) is 0 Å². The first-order chi connectivity index (χ1) is 8.72. The van der Waals surface area contributed by atoms with E-state index in [2.05, 4.69) is 25.6 Å². The summed E-state index contributed by atoms with van der Waals surface area (Å²) in [6.45, 7) is 2.05. The smallest absolute Gasteiger partial charge is 0.0752 e.